The predicted octanol–water partition coefficient (Wildman–Crippen LogP) is 26.0. The molecule has 0 amide bonds. The van der Waals surface area contributed by atoms with Crippen molar-refractivity contribution in [2.45, 2.75) is 57.8 Å². The summed E-state index contributed by atoms with van der Waals surface area (Å²) in [5.41, 5.74) is 31.2. The van der Waals surface area contributed by atoms with Crippen LogP contribution in [0.5, 0.6) is 0 Å². The number of hydrogen-bond donors (Lipinski definition) is 0. The van der Waals surface area contributed by atoms with Crippen molar-refractivity contribution >= 4 is 116 Å². The summed E-state index contributed by atoms with van der Waals surface area (Å²) in [6.07, 6.45) is 9.25. The Labute approximate surface area is 738 Å². The summed E-state index contributed by atoms with van der Waals surface area (Å²) < 4.78 is 0. The van der Waals surface area contributed by atoms with Gasteiger partial charge >= 0.3 is 0 Å². The van der Waals surface area contributed by atoms with Crippen molar-refractivity contribution in [3.8, 4) is 55.6 Å². The molecular formula is C121H96N2Si2. The second kappa shape index (κ2) is 31.7. The maximum atomic E-state index is 2.47. The highest BCUT2D eigenvalue weighted by molar-refractivity contribution is 7.20. The molecule has 21 rings (SSSR count). The van der Waals surface area contributed by atoms with Gasteiger partial charge in [0.25, 0.3) is 0 Å². The highest BCUT2D eigenvalue weighted by Crippen LogP contribution is 2.55. The van der Waals surface area contributed by atoms with Crippen LogP contribution in [0.4, 0.5) is 34.1 Å². The number of rotatable bonds is 20. The van der Waals surface area contributed by atoms with Gasteiger partial charge in [-0.15, -0.1) is 0 Å². The molecule has 18 aromatic carbocycles. The molecule has 0 saturated heterocycles. The smallest absolute Gasteiger partial charge is 0.179 e. The first kappa shape index (κ1) is 77.8. The molecule has 4 heteroatoms. The quantitative estimate of drug-likeness (QED) is 0.0426. The van der Waals surface area contributed by atoms with E-state index in [0.29, 0.717) is 0 Å². The number of benzene rings is 18. The third-order valence-electron chi connectivity index (χ3n) is 27.3. The van der Waals surface area contributed by atoms with Gasteiger partial charge in [-0.05, 0) is 226 Å². The highest BCUT2D eigenvalue weighted by Gasteiger charge is 2.45. The van der Waals surface area contributed by atoms with Crippen LogP contribution in [0.1, 0.15) is 97.2 Å². The average Bonchev–Trinajstić information content (AvgIpc) is 1.51. The first-order valence-corrected chi connectivity index (χ1v) is 47.9. The fourth-order valence-corrected chi connectivity index (χ4v) is 30.5. The van der Waals surface area contributed by atoms with Gasteiger partial charge in [-0.3, -0.25) is 0 Å². The Bertz CT molecular complexity index is 6500. The van der Waals surface area contributed by atoms with Gasteiger partial charge in [0.2, 0.25) is 0 Å². The van der Waals surface area contributed by atoms with E-state index in [9.17, 15) is 0 Å². The predicted molar refractivity (Wildman–Crippen MR) is 537 cm³/mol. The summed E-state index contributed by atoms with van der Waals surface area (Å²) >= 11 is 0. The van der Waals surface area contributed by atoms with Crippen molar-refractivity contribution in [2.75, 3.05) is 9.80 Å². The molecule has 0 radical (unpaired) electrons. The molecule has 0 unspecified atom stereocenters. The molecule has 2 nitrogen and oxygen atoms in total. The van der Waals surface area contributed by atoms with Gasteiger partial charge < -0.3 is 9.80 Å². The minimum Gasteiger partial charge on any atom is -0.310 e. The van der Waals surface area contributed by atoms with Crippen molar-refractivity contribution in [3.63, 3.8) is 0 Å². The van der Waals surface area contributed by atoms with Crippen LogP contribution < -0.4 is 51.3 Å². The summed E-state index contributed by atoms with van der Waals surface area (Å²) in [5.74, 6) is 0. The van der Waals surface area contributed by atoms with Crippen molar-refractivity contribution in [1.29, 1.82) is 0 Å². The van der Waals surface area contributed by atoms with E-state index in [2.05, 4.69) is 525 Å². The van der Waals surface area contributed by atoms with Crippen LogP contribution in [0.15, 0.2) is 449 Å². The third-order valence-corrected chi connectivity index (χ3v) is 36.9. The van der Waals surface area contributed by atoms with Crippen molar-refractivity contribution in [2.24, 2.45) is 0 Å². The van der Waals surface area contributed by atoms with E-state index in [4.69, 9.17) is 0 Å². The third kappa shape index (κ3) is 13.6. The lowest BCUT2D eigenvalue weighted by atomic mass is 9.81. The molecule has 0 aromatic heterocycles. The zero-order valence-corrected chi connectivity index (χ0v) is 73.4. The molecule has 3 aliphatic rings. The Morgan fingerprint density at radius 1 is 0.168 bits per heavy atom. The molecule has 0 aliphatic heterocycles. The van der Waals surface area contributed by atoms with Crippen LogP contribution in [-0.2, 0) is 16.2 Å². The van der Waals surface area contributed by atoms with E-state index in [-0.39, 0.29) is 16.2 Å². The Kier molecular flexibility index (Phi) is 19.7. The van der Waals surface area contributed by atoms with E-state index in [1.165, 1.54) is 153 Å². The highest BCUT2D eigenvalue weighted by atomic mass is 28.3. The molecule has 0 fully saturated rings. The Morgan fingerprint density at radius 2 is 0.368 bits per heavy atom. The van der Waals surface area contributed by atoms with Gasteiger partial charge in [-0.1, -0.05) is 442 Å². The minimum atomic E-state index is -2.77. The van der Waals surface area contributed by atoms with E-state index in [1.54, 1.807) is 0 Å². The second-order valence-electron chi connectivity index (χ2n) is 35.5. The van der Waals surface area contributed by atoms with Crippen LogP contribution in [-0.4, -0.2) is 16.1 Å². The van der Waals surface area contributed by atoms with Gasteiger partial charge in [-0.25, -0.2) is 0 Å². The Morgan fingerprint density at radius 3 is 0.624 bits per heavy atom. The monoisotopic (exact) mass is 1630 g/mol. The van der Waals surface area contributed by atoms with Gasteiger partial charge in [-0.2, -0.15) is 0 Å². The van der Waals surface area contributed by atoms with Crippen molar-refractivity contribution in [1.82, 2.24) is 0 Å². The van der Waals surface area contributed by atoms with Crippen molar-refractivity contribution < 1.29 is 0 Å². The van der Waals surface area contributed by atoms with Gasteiger partial charge in [0.05, 0.1) is 0 Å². The molecule has 598 valence electrons. The molecule has 18 aromatic rings. The number of nitrogens with zero attached hydrogens (tertiary/aromatic N) is 2. The molecule has 0 spiro atoms. The Hall–Kier alpha value is -14.5. The van der Waals surface area contributed by atoms with Crippen LogP contribution >= 0.6 is 0 Å². The number of hydrogen-bond acceptors (Lipinski definition) is 2. The molecule has 0 saturated carbocycles. The van der Waals surface area contributed by atoms with Crippen LogP contribution in [0.3, 0.4) is 0 Å². The fraction of sp³-hybridized carbons (Fsp3) is 0.0744. The molecular weight excluding hydrogens is 1540 g/mol. The molecule has 0 bridgehead atoms. The fourth-order valence-electron chi connectivity index (χ4n) is 21.0. The van der Waals surface area contributed by atoms with E-state index >= 15 is 0 Å². The number of fused-ring (bicyclic) bond motifs is 9. The summed E-state index contributed by atoms with van der Waals surface area (Å²) in [5, 5.41) is 10.8. The minimum absolute atomic E-state index is 0.211. The first-order chi connectivity index (χ1) is 61.2. The van der Waals surface area contributed by atoms with E-state index in [0.717, 1.165) is 34.1 Å². The van der Waals surface area contributed by atoms with Crippen LogP contribution in [0.2, 0.25) is 0 Å². The average molecular weight is 1630 g/mol. The maximum Gasteiger partial charge on any atom is 0.179 e. The zero-order chi connectivity index (χ0) is 84.4. The lowest BCUT2D eigenvalue weighted by molar-refractivity contribution is 0.660. The van der Waals surface area contributed by atoms with Crippen LogP contribution in [0.25, 0.3) is 79.9 Å². The van der Waals surface area contributed by atoms with E-state index in [1.807, 2.05) is 0 Å². The Balaban J connectivity index is 0.544. The maximum absolute atomic E-state index is 2.77. The lowest BCUT2D eigenvalue weighted by Crippen LogP contribution is -2.74. The van der Waals surface area contributed by atoms with Gasteiger partial charge in [0.1, 0.15) is 0 Å². The zero-order valence-electron chi connectivity index (χ0n) is 71.4. The second-order valence-corrected chi connectivity index (χ2v) is 43.1. The molecule has 125 heavy (non-hydrogen) atoms. The summed E-state index contributed by atoms with van der Waals surface area (Å²) in [6.45, 7) is 14.4. The van der Waals surface area contributed by atoms with E-state index < -0.39 is 16.1 Å². The first-order valence-electron chi connectivity index (χ1n) is 43.9. The molecule has 0 heterocycles. The largest absolute Gasteiger partial charge is 0.310 e. The van der Waals surface area contributed by atoms with Crippen molar-refractivity contribution in [3.05, 3.63) is 505 Å². The summed E-state index contributed by atoms with van der Waals surface area (Å²) in [7, 11) is -5.55. The molecule has 0 atom stereocenters. The van der Waals surface area contributed by atoms with Gasteiger partial charge in [0.15, 0.2) is 16.1 Å². The molecule has 0 N–H and O–H groups in total. The molecule has 3 aliphatic carbocycles. The summed E-state index contributed by atoms with van der Waals surface area (Å²) in [4.78, 5) is 4.93. The van der Waals surface area contributed by atoms with Gasteiger partial charge in [0, 0.05) is 50.4 Å². The normalized spacial score (nSPS) is 13.6. The number of anilines is 6. The topological polar surface area (TPSA) is 6.48 Å². The lowest BCUT2D eigenvalue weighted by Gasteiger charge is -2.35. The summed E-state index contributed by atoms with van der Waals surface area (Å²) in [6, 6.07) is 169. The SMILES string of the molecule is CC1(C)c2cc(C=Cc3ccc4c(c3)C(C)(C)c3cc(N(c5ccc([Si](c6ccccc6)(c6ccccc6)c6ccccc6)cc5)c5cccc(-c6ccccc6)c5)ccc3-4)ccc2-c2ccc(C=Cc3ccc4c(c3)C(C)(C)c3cc(N(c5ccc([Si](c6ccccc6)(c6ccccc6)c6ccccc6)cc5)c5cccc(-c6ccccc6)c5)ccc3-4)cc21. The van der Waals surface area contributed by atoms with Crippen LogP contribution in [0, 0.1) is 0 Å². The standard InChI is InChI=1S/C121H96N2Si2/c1-119(2)113-77-85(53-55-87-59-73-109-111-75-65-97(83-117(111)120(3,4)115(109)79-87)122(95-39-31-37-91(81-95)89-33-15-7-16-34-89)93-61-67-105(68-62-93)124(99-41-19-9-20-42-99,100-43-21-10-22-44-100)101-45-23-11-24-46-101)57-71-107(113)108-72-58-86(78-114(108)119)54-56-88-60-74-110-112-76-66-98(84-118(112)121(5,6)116(110)80-88)123(96-40-32-38-92(82-96)90-35-17-8-18-36-90)94-63-69-106(70-64-94)125(102-47-25-12-26-48-102,103-49-27-13-28-50-103)104-51-29-14-30-52-104/h7-84H,1-6H3.